The summed E-state index contributed by atoms with van der Waals surface area (Å²) in [5.74, 6) is 0. The molecule has 38 heavy (non-hydrogen) atoms. The van der Waals surface area contributed by atoms with Gasteiger partial charge in [0.25, 0.3) is 20.0 Å². The van der Waals surface area contributed by atoms with Gasteiger partial charge < -0.3 is 0 Å². The van der Waals surface area contributed by atoms with Crippen molar-refractivity contribution in [3.05, 3.63) is 107 Å². The molecule has 8 heteroatoms. The molecule has 0 saturated carbocycles. The van der Waals surface area contributed by atoms with Crippen LogP contribution >= 0.6 is 0 Å². The molecule has 0 aromatic heterocycles. The number of hydrogen-bond donors (Lipinski definition) is 0. The van der Waals surface area contributed by atoms with E-state index in [1.165, 1.54) is 12.2 Å². The third kappa shape index (κ3) is 5.87. The molecule has 6 nitrogen and oxygen atoms in total. The Bertz CT molecular complexity index is 1540. The maximum absolute atomic E-state index is 13.1. The van der Waals surface area contributed by atoms with Gasteiger partial charge in [-0.1, -0.05) is 90.1 Å². The predicted molar refractivity (Wildman–Crippen MR) is 153 cm³/mol. The lowest BCUT2D eigenvalue weighted by Gasteiger charge is -2.19. The van der Waals surface area contributed by atoms with Crippen molar-refractivity contribution in [2.75, 3.05) is 0 Å². The SMILES string of the molecule is CC(C)(C)c1ccc(S(=O)(=O)/N=C2C=C/C(=N\S(=O)(=O)c3ccc(C(C)(C)C)cc3)c3ccccc3\2)cc1. The number of sulfonamides is 2. The number of nitrogens with zero attached hydrogens (tertiary/aromatic N) is 2. The zero-order chi connectivity index (χ0) is 27.9. The molecule has 0 amide bonds. The van der Waals surface area contributed by atoms with Crippen LogP contribution in [0.5, 0.6) is 0 Å². The minimum absolute atomic E-state index is 0.0876. The summed E-state index contributed by atoms with van der Waals surface area (Å²) >= 11 is 0. The average Bonchev–Trinajstić information content (AvgIpc) is 2.84. The molecule has 0 unspecified atom stereocenters. The van der Waals surface area contributed by atoms with Crippen LogP contribution in [0.3, 0.4) is 0 Å². The van der Waals surface area contributed by atoms with Crippen LogP contribution in [0.1, 0.15) is 63.8 Å². The summed E-state index contributed by atoms with van der Waals surface area (Å²) in [5, 5.41) is 0. The third-order valence-electron chi connectivity index (χ3n) is 6.35. The van der Waals surface area contributed by atoms with Crippen molar-refractivity contribution in [2.45, 2.75) is 62.2 Å². The highest BCUT2D eigenvalue weighted by Crippen LogP contribution is 2.27. The number of allylic oxidation sites excluding steroid dienone is 2. The van der Waals surface area contributed by atoms with Crippen molar-refractivity contribution >= 4 is 31.5 Å². The van der Waals surface area contributed by atoms with Crippen molar-refractivity contribution in [2.24, 2.45) is 8.80 Å². The largest absolute Gasteiger partial charge is 0.282 e. The molecule has 0 aliphatic heterocycles. The summed E-state index contributed by atoms with van der Waals surface area (Å²) in [7, 11) is -8.00. The van der Waals surface area contributed by atoms with E-state index < -0.39 is 20.0 Å². The fourth-order valence-corrected chi connectivity index (χ4v) is 6.05. The molecule has 0 heterocycles. The van der Waals surface area contributed by atoms with Crippen LogP contribution < -0.4 is 0 Å². The van der Waals surface area contributed by atoms with E-state index in [1.54, 1.807) is 72.8 Å². The number of fused-ring (bicyclic) bond motifs is 1. The number of hydrogen-bond acceptors (Lipinski definition) is 4. The molecule has 0 fully saturated rings. The second-order valence-electron chi connectivity index (χ2n) is 11.3. The van der Waals surface area contributed by atoms with Gasteiger partial charge in [-0.3, -0.25) is 0 Å². The Labute approximate surface area is 226 Å². The van der Waals surface area contributed by atoms with Crippen molar-refractivity contribution in [3.63, 3.8) is 0 Å². The second-order valence-corrected chi connectivity index (χ2v) is 14.5. The lowest BCUT2D eigenvalue weighted by Crippen LogP contribution is -2.16. The predicted octanol–water partition coefficient (Wildman–Crippen LogP) is 6.21. The fraction of sp³-hybridized carbons (Fsp3) is 0.267. The van der Waals surface area contributed by atoms with Gasteiger partial charge in [0.15, 0.2) is 0 Å². The maximum atomic E-state index is 13.1. The molecular weight excluding hydrogens is 516 g/mol. The van der Waals surface area contributed by atoms with Gasteiger partial charge in [0.05, 0.1) is 21.2 Å². The topological polar surface area (TPSA) is 93.0 Å². The first-order chi connectivity index (χ1) is 17.6. The Hall–Kier alpha value is -3.36. The second kappa shape index (κ2) is 9.75. The fourth-order valence-electron chi connectivity index (χ4n) is 4.04. The molecule has 4 rings (SSSR count). The molecule has 1 aliphatic rings. The molecule has 0 N–H and O–H groups in total. The standard InChI is InChI=1S/C30H32N2O4S2/c1-29(2,3)21-11-15-23(16-12-21)37(33,34)31-27-19-20-28(26-10-8-7-9-25(26)27)32-38(35,36)24-17-13-22(14-18-24)30(4,5)6/h7-20H,1-6H3/b31-27+,32-28+. The van der Waals surface area contributed by atoms with Crippen LogP contribution in [0.2, 0.25) is 0 Å². The lowest BCUT2D eigenvalue weighted by molar-refractivity contribution is 0.586. The van der Waals surface area contributed by atoms with Gasteiger partial charge >= 0.3 is 0 Å². The van der Waals surface area contributed by atoms with E-state index in [4.69, 9.17) is 0 Å². The first-order valence-corrected chi connectivity index (χ1v) is 15.1. The van der Waals surface area contributed by atoms with E-state index in [0.717, 1.165) is 11.1 Å². The molecular formula is C30H32N2O4S2. The molecule has 0 saturated heterocycles. The lowest BCUT2D eigenvalue weighted by atomic mass is 9.87. The summed E-state index contributed by atoms with van der Waals surface area (Å²) in [5.41, 5.74) is 3.22. The molecule has 0 bridgehead atoms. The molecule has 0 atom stereocenters. The Morgan fingerprint density at radius 1 is 0.500 bits per heavy atom. The highest BCUT2D eigenvalue weighted by molar-refractivity contribution is 7.90. The quantitative estimate of drug-likeness (QED) is 0.388. The van der Waals surface area contributed by atoms with Crippen LogP contribution in [0.25, 0.3) is 0 Å². The summed E-state index contributed by atoms with van der Waals surface area (Å²) < 4.78 is 60.6. The van der Waals surface area contributed by atoms with Crippen molar-refractivity contribution in [1.82, 2.24) is 0 Å². The van der Waals surface area contributed by atoms with E-state index in [0.29, 0.717) is 11.1 Å². The van der Waals surface area contributed by atoms with Gasteiger partial charge in [-0.25, -0.2) is 0 Å². The summed E-state index contributed by atoms with van der Waals surface area (Å²) in [6.45, 7) is 12.3. The van der Waals surface area contributed by atoms with Crippen LogP contribution in [-0.4, -0.2) is 28.3 Å². The Kier molecular flexibility index (Phi) is 7.10. The molecule has 3 aromatic rings. The van der Waals surface area contributed by atoms with Crippen LogP contribution in [-0.2, 0) is 30.9 Å². The van der Waals surface area contributed by atoms with E-state index in [-0.39, 0.29) is 32.0 Å². The molecule has 3 aromatic carbocycles. The molecule has 1 aliphatic carbocycles. The van der Waals surface area contributed by atoms with Gasteiger partial charge in [-0.2, -0.15) is 25.6 Å². The normalized spacial score (nSPS) is 16.6. The minimum atomic E-state index is -4.00. The van der Waals surface area contributed by atoms with Crippen LogP contribution in [0, 0.1) is 0 Å². The average molecular weight is 549 g/mol. The van der Waals surface area contributed by atoms with E-state index >= 15 is 0 Å². The minimum Gasteiger partial charge on any atom is -0.199 e. The van der Waals surface area contributed by atoms with Crippen LogP contribution in [0.4, 0.5) is 0 Å². The van der Waals surface area contributed by atoms with Crippen molar-refractivity contribution < 1.29 is 16.8 Å². The maximum Gasteiger partial charge on any atom is 0.282 e. The first kappa shape index (κ1) is 27.7. The Morgan fingerprint density at radius 3 is 1.11 bits per heavy atom. The highest BCUT2D eigenvalue weighted by Gasteiger charge is 2.24. The van der Waals surface area contributed by atoms with Gasteiger partial charge in [0.1, 0.15) is 0 Å². The zero-order valence-corrected chi connectivity index (χ0v) is 24.1. The van der Waals surface area contributed by atoms with E-state index in [1.807, 2.05) is 0 Å². The van der Waals surface area contributed by atoms with Gasteiger partial charge in [0, 0.05) is 11.1 Å². The third-order valence-corrected chi connectivity index (χ3v) is 8.96. The first-order valence-electron chi connectivity index (χ1n) is 12.3. The molecule has 198 valence electrons. The van der Waals surface area contributed by atoms with Gasteiger partial charge in [0.2, 0.25) is 0 Å². The Morgan fingerprint density at radius 2 is 0.816 bits per heavy atom. The smallest absolute Gasteiger partial charge is 0.199 e. The van der Waals surface area contributed by atoms with E-state index in [2.05, 4.69) is 50.3 Å². The number of benzene rings is 3. The zero-order valence-electron chi connectivity index (χ0n) is 22.4. The van der Waals surface area contributed by atoms with E-state index in [9.17, 15) is 16.8 Å². The summed E-state index contributed by atoms with van der Waals surface area (Å²) in [6, 6.07) is 20.3. The monoisotopic (exact) mass is 548 g/mol. The van der Waals surface area contributed by atoms with Gasteiger partial charge in [-0.05, 0) is 58.4 Å². The number of rotatable bonds is 4. The van der Waals surface area contributed by atoms with Crippen molar-refractivity contribution in [1.29, 1.82) is 0 Å². The molecule has 0 radical (unpaired) electrons. The van der Waals surface area contributed by atoms with Crippen LogP contribution in [0.15, 0.2) is 104 Å². The summed E-state index contributed by atoms with van der Waals surface area (Å²) in [4.78, 5) is 0.175. The van der Waals surface area contributed by atoms with Gasteiger partial charge in [-0.15, -0.1) is 0 Å². The molecule has 0 spiro atoms. The van der Waals surface area contributed by atoms with Crippen molar-refractivity contribution in [3.8, 4) is 0 Å². The highest BCUT2D eigenvalue weighted by atomic mass is 32.2. The summed E-state index contributed by atoms with van der Waals surface area (Å²) in [6.07, 6.45) is 2.97. The Balaban J connectivity index is 1.71.